The van der Waals surface area contributed by atoms with Crippen LogP contribution in [0.5, 0.6) is 0 Å². The summed E-state index contributed by atoms with van der Waals surface area (Å²) in [7, 11) is 0. The van der Waals surface area contributed by atoms with Crippen LogP contribution in [-0.4, -0.2) is 6.29 Å². The van der Waals surface area contributed by atoms with Gasteiger partial charge in [0.25, 0.3) is 0 Å². The first-order valence-electron chi connectivity index (χ1n) is 14.9. The highest BCUT2D eigenvalue weighted by Gasteiger charge is 2.18. The lowest BCUT2D eigenvalue weighted by Gasteiger charge is -2.27. The molecule has 0 aliphatic carbocycles. The molecule has 0 fully saturated rings. The van der Waals surface area contributed by atoms with Crippen LogP contribution in [0.4, 0.5) is 17.1 Å². The number of rotatable bonds is 7. The van der Waals surface area contributed by atoms with Crippen molar-refractivity contribution in [3.05, 3.63) is 163 Å². The lowest BCUT2D eigenvalue weighted by Crippen LogP contribution is -2.10. The van der Waals surface area contributed by atoms with Gasteiger partial charge in [0.15, 0.2) is 6.29 Å². The summed E-state index contributed by atoms with van der Waals surface area (Å²) in [6.07, 6.45) is 0.926. The van der Waals surface area contributed by atoms with Gasteiger partial charge in [0.1, 0.15) is 0 Å². The van der Waals surface area contributed by atoms with Crippen LogP contribution < -0.4 is 4.90 Å². The van der Waals surface area contributed by atoms with E-state index in [1.54, 1.807) is 0 Å². The van der Waals surface area contributed by atoms with Crippen molar-refractivity contribution in [3.8, 4) is 31.3 Å². The van der Waals surface area contributed by atoms with E-state index in [0.29, 0.717) is 0 Å². The predicted molar refractivity (Wildman–Crippen MR) is 194 cm³/mol. The molecule has 0 aliphatic rings. The maximum Gasteiger partial charge on any atom is 0.160 e. The molecule has 0 radical (unpaired) electrons. The fraction of sp³-hybridized carbons (Fsp3) is 0. The van der Waals surface area contributed by atoms with Crippen LogP contribution in [0.2, 0.25) is 0 Å². The maximum absolute atomic E-state index is 11.3. The molecule has 0 unspecified atom stereocenters. The molecule has 6 aromatic carbocycles. The fourth-order valence-electron chi connectivity index (χ4n) is 6.19. The molecule has 0 bridgehead atoms. The van der Waals surface area contributed by atoms with Gasteiger partial charge in [0.05, 0.1) is 10.6 Å². The Balaban J connectivity index is 1.24. The van der Waals surface area contributed by atoms with E-state index in [4.69, 9.17) is 0 Å². The van der Waals surface area contributed by atoms with Gasteiger partial charge in [-0.05, 0) is 87.4 Å². The van der Waals surface area contributed by atoms with E-state index in [-0.39, 0.29) is 0 Å². The number of aldehydes is 1. The Bertz CT molecular complexity index is 2260. The first-order valence-corrected chi connectivity index (χ1v) is 16.5. The molecule has 0 saturated heterocycles. The van der Waals surface area contributed by atoms with Gasteiger partial charge in [-0.15, -0.1) is 22.7 Å². The standard InChI is InChI=1S/C41H27NOS2/c43-27-30-19-24-39(44-30)35-20-21-36(32-16-8-7-15-31(32)35)40-25-26-41(45-40)37-22-23-38(34-18-10-9-17-33(34)37)42(28-11-3-1-4-12-28)29-13-5-2-6-14-29/h1-27H. The number of benzene rings is 6. The van der Waals surface area contributed by atoms with Crippen molar-refractivity contribution in [1.29, 1.82) is 0 Å². The van der Waals surface area contributed by atoms with E-state index < -0.39 is 0 Å². The zero-order valence-electron chi connectivity index (χ0n) is 24.3. The molecule has 8 aromatic rings. The smallest absolute Gasteiger partial charge is 0.160 e. The summed E-state index contributed by atoms with van der Waals surface area (Å²) in [4.78, 5) is 18.0. The normalized spacial score (nSPS) is 11.2. The van der Waals surface area contributed by atoms with Crippen LogP contribution in [0.25, 0.3) is 52.9 Å². The van der Waals surface area contributed by atoms with Crippen molar-refractivity contribution in [2.45, 2.75) is 0 Å². The first-order chi connectivity index (χ1) is 22.3. The molecule has 0 spiro atoms. The summed E-state index contributed by atoms with van der Waals surface area (Å²) < 4.78 is 0. The van der Waals surface area contributed by atoms with Gasteiger partial charge in [-0.25, -0.2) is 0 Å². The number of carbonyl (C=O) groups excluding carboxylic acids is 1. The highest BCUT2D eigenvalue weighted by atomic mass is 32.1. The van der Waals surface area contributed by atoms with Crippen LogP contribution >= 0.6 is 22.7 Å². The van der Waals surface area contributed by atoms with Gasteiger partial charge in [-0.3, -0.25) is 4.79 Å². The maximum atomic E-state index is 11.3. The van der Waals surface area contributed by atoms with E-state index in [9.17, 15) is 4.79 Å². The summed E-state index contributed by atoms with van der Waals surface area (Å²) >= 11 is 3.36. The molecule has 0 amide bonds. The number of anilines is 3. The Kier molecular flexibility index (Phi) is 7.07. The highest BCUT2D eigenvalue weighted by molar-refractivity contribution is 7.19. The quantitative estimate of drug-likeness (QED) is 0.167. The van der Waals surface area contributed by atoms with Crippen molar-refractivity contribution in [1.82, 2.24) is 0 Å². The van der Waals surface area contributed by atoms with Crippen LogP contribution in [0.3, 0.4) is 0 Å². The Hall–Kier alpha value is -5.29. The molecule has 0 atom stereocenters. The number of nitrogens with zero attached hydrogens (tertiary/aromatic N) is 1. The number of thiophene rings is 2. The van der Waals surface area contributed by atoms with Gasteiger partial charge < -0.3 is 4.90 Å². The molecule has 4 heteroatoms. The zero-order chi connectivity index (χ0) is 30.2. The van der Waals surface area contributed by atoms with Crippen molar-refractivity contribution in [3.63, 3.8) is 0 Å². The molecule has 0 aliphatic heterocycles. The molecule has 2 heterocycles. The summed E-state index contributed by atoms with van der Waals surface area (Å²) in [6.45, 7) is 0. The number of hydrogen-bond acceptors (Lipinski definition) is 4. The molecule has 214 valence electrons. The number of para-hydroxylation sites is 2. The molecule has 0 N–H and O–H groups in total. The van der Waals surface area contributed by atoms with E-state index in [2.05, 4.69) is 150 Å². The van der Waals surface area contributed by atoms with Crippen molar-refractivity contribution in [2.75, 3.05) is 4.90 Å². The van der Waals surface area contributed by atoms with Crippen molar-refractivity contribution < 1.29 is 4.79 Å². The minimum absolute atomic E-state index is 0.745. The van der Waals surface area contributed by atoms with Gasteiger partial charge in [0.2, 0.25) is 0 Å². The van der Waals surface area contributed by atoms with Crippen LogP contribution in [0, 0.1) is 0 Å². The van der Waals surface area contributed by atoms with Crippen molar-refractivity contribution >= 4 is 67.6 Å². The van der Waals surface area contributed by atoms with Crippen LogP contribution in [0.15, 0.2) is 158 Å². The fourth-order valence-corrected chi connectivity index (χ4v) is 8.14. The summed E-state index contributed by atoms with van der Waals surface area (Å²) in [6, 6.07) is 55.9. The van der Waals surface area contributed by atoms with Gasteiger partial charge in [-0.2, -0.15) is 0 Å². The van der Waals surface area contributed by atoms with Gasteiger partial charge in [0, 0.05) is 31.4 Å². The minimum Gasteiger partial charge on any atom is -0.310 e. The predicted octanol–water partition coefficient (Wildman–Crippen LogP) is 12.4. The number of carbonyl (C=O) groups is 1. The molecule has 45 heavy (non-hydrogen) atoms. The van der Waals surface area contributed by atoms with E-state index in [1.165, 1.54) is 53.8 Å². The Morgan fingerprint density at radius 2 is 0.822 bits per heavy atom. The second-order valence-corrected chi connectivity index (χ2v) is 13.1. The summed E-state index contributed by atoms with van der Waals surface area (Å²) in [5.41, 5.74) is 7.01. The minimum atomic E-state index is 0.745. The second-order valence-electron chi connectivity index (χ2n) is 10.9. The van der Waals surface area contributed by atoms with E-state index in [1.807, 2.05) is 23.5 Å². The highest BCUT2D eigenvalue weighted by Crippen LogP contribution is 2.45. The SMILES string of the molecule is O=Cc1ccc(-c2ccc(-c3ccc(-c4ccc(N(c5ccccc5)c5ccccc5)c5ccccc45)s3)c3ccccc23)s1. The Morgan fingerprint density at radius 3 is 1.33 bits per heavy atom. The third-order valence-corrected chi connectivity index (χ3v) is 10.4. The lowest BCUT2D eigenvalue weighted by molar-refractivity contribution is 0.112. The molecule has 2 nitrogen and oxygen atoms in total. The van der Waals surface area contributed by atoms with Crippen molar-refractivity contribution in [2.24, 2.45) is 0 Å². The topological polar surface area (TPSA) is 20.3 Å². The number of fused-ring (bicyclic) bond motifs is 2. The van der Waals surface area contributed by atoms with Gasteiger partial charge >= 0.3 is 0 Å². The summed E-state index contributed by atoms with van der Waals surface area (Å²) in [5, 5.41) is 4.84. The molecular formula is C41H27NOS2. The molecular weight excluding hydrogens is 587 g/mol. The molecule has 2 aromatic heterocycles. The third-order valence-electron chi connectivity index (χ3n) is 8.24. The van der Waals surface area contributed by atoms with Crippen LogP contribution in [-0.2, 0) is 0 Å². The molecule has 8 rings (SSSR count). The number of hydrogen-bond donors (Lipinski definition) is 0. The van der Waals surface area contributed by atoms with E-state index in [0.717, 1.165) is 38.7 Å². The van der Waals surface area contributed by atoms with E-state index >= 15 is 0 Å². The summed E-state index contributed by atoms with van der Waals surface area (Å²) in [5.74, 6) is 0. The first kappa shape index (κ1) is 27.3. The lowest BCUT2D eigenvalue weighted by atomic mass is 9.97. The van der Waals surface area contributed by atoms with Crippen LogP contribution in [0.1, 0.15) is 9.67 Å². The Labute approximate surface area is 270 Å². The zero-order valence-corrected chi connectivity index (χ0v) is 25.9. The van der Waals surface area contributed by atoms with Gasteiger partial charge in [-0.1, -0.05) is 103 Å². The monoisotopic (exact) mass is 613 g/mol. The average molecular weight is 614 g/mol. The molecule has 0 saturated carbocycles. The average Bonchev–Trinajstić information content (AvgIpc) is 3.80. The largest absolute Gasteiger partial charge is 0.310 e. The second kappa shape index (κ2) is 11.7. The third kappa shape index (κ3) is 4.95. The Morgan fingerprint density at radius 1 is 0.400 bits per heavy atom.